The van der Waals surface area contributed by atoms with Gasteiger partial charge in [-0.1, -0.05) is 26.0 Å². The van der Waals surface area contributed by atoms with Crippen molar-refractivity contribution in [1.29, 1.82) is 0 Å². The number of aromatic nitrogens is 3. The summed E-state index contributed by atoms with van der Waals surface area (Å²) in [5.74, 6) is -0.741. The monoisotopic (exact) mass is 475 g/mol. The minimum Gasteiger partial charge on any atom is -0.365 e. The molecule has 3 rings (SSSR count). The van der Waals surface area contributed by atoms with E-state index < -0.39 is 23.7 Å². The van der Waals surface area contributed by atoms with E-state index in [1.807, 2.05) is 20.8 Å². The van der Waals surface area contributed by atoms with Crippen LogP contribution in [0.2, 0.25) is 0 Å². The van der Waals surface area contributed by atoms with Crippen LogP contribution in [0.1, 0.15) is 71.2 Å². The van der Waals surface area contributed by atoms with Crippen LogP contribution in [0.25, 0.3) is 5.65 Å². The predicted molar refractivity (Wildman–Crippen MR) is 121 cm³/mol. The van der Waals surface area contributed by atoms with Gasteiger partial charge < -0.3 is 11.1 Å². The molecule has 0 radical (unpaired) electrons. The number of amides is 2. The van der Waals surface area contributed by atoms with Crippen LogP contribution in [0.5, 0.6) is 0 Å². The van der Waals surface area contributed by atoms with Crippen molar-refractivity contribution < 1.29 is 22.8 Å². The molecule has 1 atom stereocenters. The summed E-state index contributed by atoms with van der Waals surface area (Å²) in [5, 5.41) is 7.08. The van der Waals surface area contributed by atoms with E-state index in [1.54, 1.807) is 13.0 Å². The highest BCUT2D eigenvalue weighted by Crippen LogP contribution is 2.32. The third-order valence-electron chi connectivity index (χ3n) is 5.73. The number of hydrogen-bond acceptors (Lipinski definition) is 4. The first-order chi connectivity index (χ1) is 15.9. The second-order valence-corrected chi connectivity index (χ2v) is 8.79. The highest BCUT2D eigenvalue weighted by atomic mass is 19.4. The topological polar surface area (TPSA) is 102 Å². The summed E-state index contributed by atoms with van der Waals surface area (Å²) in [6, 6.07) is 4.53. The Morgan fingerprint density at radius 3 is 2.53 bits per heavy atom. The van der Waals surface area contributed by atoms with Crippen LogP contribution in [0.4, 0.5) is 13.2 Å². The lowest BCUT2D eigenvalue weighted by Gasteiger charge is -2.22. The average Bonchev–Trinajstić information content (AvgIpc) is 3.16. The molecule has 0 saturated carbocycles. The molecule has 0 bridgehead atoms. The number of carbonyl (C=O) groups excluding carboxylic acids is 2. The van der Waals surface area contributed by atoms with Gasteiger partial charge in [-0.3, -0.25) is 9.59 Å². The van der Waals surface area contributed by atoms with Crippen molar-refractivity contribution in [2.45, 2.75) is 59.2 Å². The number of benzene rings is 1. The van der Waals surface area contributed by atoms with Crippen molar-refractivity contribution in [3.63, 3.8) is 0 Å². The van der Waals surface area contributed by atoms with Crippen molar-refractivity contribution in [1.82, 2.24) is 19.9 Å². The molecule has 0 aliphatic carbocycles. The lowest BCUT2D eigenvalue weighted by atomic mass is 9.95. The van der Waals surface area contributed by atoms with E-state index in [2.05, 4.69) is 15.4 Å². The SMILES string of the molecule is Cc1nc2c(C(N)=O)cnn2c(C)c1CCC(=O)N[C@H](CC(C)C)c1cccc(C(F)(F)F)c1. The van der Waals surface area contributed by atoms with Crippen LogP contribution in [0, 0.1) is 19.8 Å². The van der Waals surface area contributed by atoms with Crippen LogP contribution in [-0.4, -0.2) is 26.4 Å². The van der Waals surface area contributed by atoms with Crippen molar-refractivity contribution in [2.24, 2.45) is 11.7 Å². The second-order valence-electron chi connectivity index (χ2n) is 8.79. The van der Waals surface area contributed by atoms with Gasteiger partial charge in [0.25, 0.3) is 5.91 Å². The number of halogens is 3. The number of nitrogens with one attached hydrogen (secondary N) is 1. The molecule has 2 amide bonds. The van der Waals surface area contributed by atoms with Gasteiger partial charge in [-0.25, -0.2) is 9.50 Å². The minimum absolute atomic E-state index is 0.117. The Morgan fingerprint density at radius 2 is 1.91 bits per heavy atom. The third-order valence-corrected chi connectivity index (χ3v) is 5.73. The van der Waals surface area contributed by atoms with Crippen LogP contribution < -0.4 is 11.1 Å². The number of carbonyl (C=O) groups is 2. The van der Waals surface area contributed by atoms with E-state index in [1.165, 1.54) is 16.8 Å². The molecule has 0 aliphatic rings. The molecule has 34 heavy (non-hydrogen) atoms. The first kappa shape index (κ1) is 25.2. The quantitative estimate of drug-likeness (QED) is 0.507. The summed E-state index contributed by atoms with van der Waals surface area (Å²) in [6.45, 7) is 7.49. The lowest BCUT2D eigenvalue weighted by molar-refractivity contribution is -0.137. The summed E-state index contributed by atoms with van der Waals surface area (Å²) in [4.78, 5) is 28.8. The maximum Gasteiger partial charge on any atom is 0.416 e. The number of aryl methyl sites for hydroxylation is 2. The van der Waals surface area contributed by atoms with Gasteiger partial charge >= 0.3 is 6.18 Å². The van der Waals surface area contributed by atoms with E-state index in [0.717, 1.165) is 23.4 Å². The van der Waals surface area contributed by atoms with Gasteiger partial charge in [0, 0.05) is 17.8 Å². The molecule has 1 aromatic carbocycles. The van der Waals surface area contributed by atoms with Gasteiger partial charge in [0.2, 0.25) is 5.91 Å². The molecule has 0 saturated heterocycles. The molecule has 0 unspecified atom stereocenters. The van der Waals surface area contributed by atoms with Gasteiger partial charge in [0.1, 0.15) is 5.56 Å². The Labute approximate surface area is 195 Å². The fourth-order valence-electron chi connectivity index (χ4n) is 4.03. The van der Waals surface area contributed by atoms with Crippen molar-refractivity contribution in [3.8, 4) is 0 Å². The molecule has 0 spiro atoms. The van der Waals surface area contributed by atoms with Gasteiger partial charge in [-0.2, -0.15) is 18.3 Å². The zero-order valence-electron chi connectivity index (χ0n) is 19.5. The first-order valence-electron chi connectivity index (χ1n) is 11.0. The van der Waals surface area contributed by atoms with Gasteiger partial charge in [0.05, 0.1) is 17.8 Å². The molecule has 2 aromatic heterocycles. The number of hydrogen-bond donors (Lipinski definition) is 2. The van der Waals surface area contributed by atoms with Crippen LogP contribution >= 0.6 is 0 Å². The molecule has 0 aliphatic heterocycles. The Bertz CT molecular complexity index is 1220. The van der Waals surface area contributed by atoms with Crippen molar-refractivity contribution in [3.05, 3.63) is 64.1 Å². The Kier molecular flexibility index (Phi) is 7.28. The number of nitrogens with zero attached hydrogens (tertiary/aromatic N) is 3. The van der Waals surface area contributed by atoms with Crippen LogP contribution in [0.15, 0.2) is 30.5 Å². The maximum atomic E-state index is 13.2. The molecule has 3 aromatic rings. The molecular formula is C24H28F3N5O2. The summed E-state index contributed by atoms with van der Waals surface area (Å²) < 4.78 is 41.0. The minimum atomic E-state index is -4.45. The molecule has 182 valence electrons. The van der Waals surface area contributed by atoms with Crippen molar-refractivity contribution >= 4 is 17.5 Å². The highest BCUT2D eigenvalue weighted by Gasteiger charge is 2.31. The number of alkyl halides is 3. The first-order valence-corrected chi connectivity index (χ1v) is 11.0. The number of fused-ring (bicyclic) bond motifs is 1. The Morgan fingerprint density at radius 1 is 1.21 bits per heavy atom. The summed E-state index contributed by atoms with van der Waals surface area (Å²) in [6.07, 6.45) is -2.12. The van der Waals surface area contributed by atoms with E-state index in [4.69, 9.17) is 5.73 Å². The predicted octanol–water partition coefficient (Wildman–Crippen LogP) is 4.30. The molecule has 7 nitrogen and oxygen atoms in total. The lowest BCUT2D eigenvalue weighted by Crippen LogP contribution is -2.30. The maximum absolute atomic E-state index is 13.2. The summed E-state index contributed by atoms with van der Waals surface area (Å²) >= 11 is 0. The van der Waals surface area contributed by atoms with Crippen LogP contribution in [0.3, 0.4) is 0 Å². The third kappa shape index (κ3) is 5.55. The molecular weight excluding hydrogens is 447 g/mol. The molecule has 0 fully saturated rings. The number of primary amides is 1. The zero-order chi connectivity index (χ0) is 25.2. The van der Waals surface area contributed by atoms with E-state index in [0.29, 0.717) is 29.7 Å². The van der Waals surface area contributed by atoms with E-state index in [9.17, 15) is 22.8 Å². The summed E-state index contributed by atoms with van der Waals surface area (Å²) in [7, 11) is 0. The number of nitrogens with two attached hydrogens (primary N) is 1. The smallest absolute Gasteiger partial charge is 0.365 e. The fourth-order valence-corrected chi connectivity index (χ4v) is 4.03. The van der Waals surface area contributed by atoms with Gasteiger partial charge in [-0.15, -0.1) is 0 Å². The van der Waals surface area contributed by atoms with Gasteiger partial charge in [0.15, 0.2) is 5.65 Å². The molecule has 3 N–H and O–H groups in total. The normalized spacial score (nSPS) is 12.8. The standard InChI is InChI=1S/C24H28F3N5O2/c1-13(2)10-20(16-6-5-7-17(11-16)24(25,26)27)31-21(33)9-8-18-14(3)30-23-19(22(28)34)12-29-32(23)15(18)4/h5-7,11-13,20H,8-10H2,1-4H3,(H2,28,34)(H,31,33)/t20-/m1/s1. The zero-order valence-corrected chi connectivity index (χ0v) is 19.5. The fraction of sp³-hybridized carbons (Fsp3) is 0.417. The second kappa shape index (κ2) is 9.82. The Hall–Kier alpha value is -3.43. The Balaban J connectivity index is 1.78. The largest absolute Gasteiger partial charge is 0.416 e. The van der Waals surface area contributed by atoms with Crippen molar-refractivity contribution in [2.75, 3.05) is 0 Å². The van der Waals surface area contributed by atoms with E-state index >= 15 is 0 Å². The highest BCUT2D eigenvalue weighted by molar-refractivity contribution is 5.98. The average molecular weight is 476 g/mol. The molecule has 2 heterocycles. The summed E-state index contributed by atoms with van der Waals surface area (Å²) in [5.41, 5.74) is 7.82. The van der Waals surface area contributed by atoms with Gasteiger partial charge in [-0.05, 0) is 55.9 Å². The van der Waals surface area contributed by atoms with E-state index in [-0.39, 0.29) is 23.8 Å². The number of rotatable bonds is 8. The molecule has 10 heteroatoms. The van der Waals surface area contributed by atoms with Crippen LogP contribution in [-0.2, 0) is 17.4 Å².